The number of rotatable bonds is 2. The number of nitrogens with zero attached hydrogens (tertiary/aromatic N) is 3. The summed E-state index contributed by atoms with van der Waals surface area (Å²) in [6.07, 6.45) is 0. The first-order valence-corrected chi connectivity index (χ1v) is 6.19. The summed E-state index contributed by atoms with van der Waals surface area (Å²) in [6.45, 7) is 5.80. The van der Waals surface area contributed by atoms with Gasteiger partial charge in [0.05, 0.1) is 0 Å². The Balaban J connectivity index is 1.82. The van der Waals surface area contributed by atoms with E-state index in [0.29, 0.717) is 11.9 Å². The first-order chi connectivity index (χ1) is 8.83. The summed E-state index contributed by atoms with van der Waals surface area (Å²) in [5.41, 5.74) is 2.19. The van der Waals surface area contributed by atoms with Crippen LogP contribution in [0.3, 0.4) is 0 Å². The zero-order valence-electron chi connectivity index (χ0n) is 10.4. The van der Waals surface area contributed by atoms with E-state index in [1.165, 1.54) is 5.56 Å². The Bertz CT molecular complexity index is 514. The van der Waals surface area contributed by atoms with Gasteiger partial charge in [-0.15, -0.1) is 5.10 Å². The van der Waals surface area contributed by atoms with Gasteiger partial charge in [-0.2, -0.15) is 0 Å². The molecule has 1 aliphatic rings. The van der Waals surface area contributed by atoms with Crippen molar-refractivity contribution in [3.63, 3.8) is 0 Å². The Labute approximate surface area is 106 Å². The molecule has 5 heteroatoms. The third kappa shape index (κ3) is 2.22. The molecule has 94 valence electrons. The van der Waals surface area contributed by atoms with Gasteiger partial charge in [-0.1, -0.05) is 22.8 Å². The van der Waals surface area contributed by atoms with Gasteiger partial charge < -0.3 is 14.6 Å². The topological polar surface area (TPSA) is 54.2 Å². The minimum absolute atomic E-state index is 0.587. The van der Waals surface area contributed by atoms with Crippen molar-refractivity contribution in [3.05, 3.63) is 29.8 Å². The molecule has 1 N–H and O–H groups in total. The van der Waals surface area contributed by atoms with Crippen molar-refractivity contribution >= 4 is 6.01 Å². The molecule has 0 amide bonds. The summed E-state index contributed by atoms with van der Waals surface area (Å²) in [7, 11) is 0. The lowest BCUT2D eigenvalue weighted by atomic mass is 10.1. The number of anilines is 1. The average Bonchev–Trinajstić information content (AvgIpc) is 2.90. The Hall–Kier alpha value is -1.88. The van der Waals surface area contributed by atoms with Gasteiger partial charge in [-0.05, 0) is 19.1 Å². The molecule has 18 heavy (non-hydrogen) atoms. The highest BCUT2D eigenvalue weighted by atomic mass is 16.4. The van der Waals surface area contributed by atoms with Crippen molar-refractivity contribution in [2.45, 2.75) is 6.92 Å². The van der Waals surface area contributed by atoms with Crippen LogP contribution in [0.25, 0.3) is 11.5 Å². The van der Waals surface area contributed by atoms with Crippen molar-refractivity contribution in [1.29, 1.82) is 0 Å². The summed E-state index contributed by atoms with van der Waals surface area (Å²) in [4.78, 5) is 2.11. The molecule has 1 aliphatic heterocycles. The van der Waals surface area contributed by atoms with Crippen LogP contribution >= 0.6 is 0 Å². The predicted octanol–water partition coefficient (Wildman–Crippen LogP) is 1.45. The maximum atomic E-state index is 5.72. The van der Waals surface area contributed by atoms with Crippen LogP contribution < -0.4 is 10.2 Å². The smallest absolute Gasteiger partial charge is 0.318 e. The lowest BCUT2D eigenvalue weighted by molar-refractivity contribution is 0.505. The molecular weight excluding hydrogens is 228 g/mol. The molecule has 0 aliphatic carbocycles. The normalized spacial score (nSPS) is 15.9. The third-order valence-corrected chi connectivity index (χ3v) is 3.10. The fraction of sp³-hybridized carbons (Fsp3) is 0.385. The third-order valence-electron chi connectivity index (χ3n) is 3.10. The Morgan fingerprint density at radius 3 is 2.56 bits per heavy atom. The number of benzene rings is 1. The van der Waals surface area contributed by atoms with Crippen molar-refractivity contribution in [2.75, 3.05) is 31.1 Å². The summed E-state index contributed by atoms with van der Waals surface area (Å²) in [6, 6.07) is 8.72. The van der Waals surface area contributed by atoms with Gasteiger partial charge in [0.1, 0.15) is 0 Å². The van der Waals surface area contributed by atoms with E-state index in [2.05, 4.69) is 27.3 Å². The lowest BCUT2D eigenvalue weighted by Crippen LogP contribution is -2.43. The average molecular weight is 244 g/mol. The molecule has 1 aromatic heterocycles. The number of nitrogens with one attached hydrogen (secondary N) is 1. The molecule has 0 spiro atoms. The number of hydrogen-bond donors (Lipinski definition) is 1. The van der Waals surface area contributed by atoms with Crippen LogP contribution in [0.4, 0.5) is 6.01 Å². The molecule has 3 rings (SSSR count). The van der Waals surface area contributed by atoms with E-state index in [4.69, 9.17) is 4.42 Å². The second-order valence-electron chi connectivity index (χ2n) is 4.49. The highest BCUT2D eigenvalue weighted by molar-refractivity contribution is 5.54. The van der Waals surface area contributed by atoms with Crippen molar-refractivity contribution < 1.29 is 4.42 Å². The highest BCUT2D eigenvalue weighted by Gasteiger charge is 2.17. The van der Waals surface area contributed by atoms with Crippen molar-refractivity contribution in [3.8, 4) is 11.5 Å². The second-order valence-corrected chi connectivity index (χ2v) is 4.49. The fourth-order valence-electron chi connectivity index (χ4n) is 2.01. The summed E-state index contributed by atoms with van der Waals surface area (Å²) in [5.74, 6) is 0.587. The summed E-state index contributed by atoms with van der Waals surface area (Å²) in [5, 5.41) is 11.5. The molecule has 1 aromatic carbocycles. The molecule has 2 aromatic rings. The standard InChI is InChI=1S/C13H16N4O/c1-10-2-4-11(5-3-10)12-15-16-13(18-12)17-8-6-14-7-9-17/h2-5,14H,6-9H2,1H3. The number of aromatic nitrogens is 2. The first-order valence-electron chi connectivity index (χ1n) is 6.19. The van der Waals surface area contributed by atoms with Gasteiger partial charge >= 0.3 is 6.01 Å². The molecule has 1 saturated heterocycles. The van der Waals surface area contributed by atoms with E-state index >= 15 is 0 Å². The molecule has 0 saturated carbocycles. The van der Waals surface area contributed by atoms with Gasteiger partial charge in [0.2, 0.25) is 5.89 Å². The van der Waals surface area contributed by atoms with Crippen LogP contribution in [0.2, 0.25) is 0 Å². The van der Waals surface area contributed by atoms with Crippen LogP contribution in [0, 0.1) is 6.92 Å². The van der Waals surface area contributed by atoms with Crippen LogP contribution in [0.1, 0.15) is 5.56 Å². The van der Waals surface area contributed by atoms with E-state index < -0.39 is 0 Å². The van der Waals surface area contributed by atoms with E-state index in [0.717, 1.165) is 31.7 Å². The predicted molar refractivity (Wildman–Crippen MR) is 69.6 cm³/mol. The molecule has 0 atom stereocenters. The number of hydrogen-bond acceptors (Lipinski definition) is 5. The Kier molecular flexibility index (Phi) is 2.98. The van der Waals surface area contributed by atoms with Gasteiger partial charge in [0.25, 0.3) is 0 Å². The first kappa shape index (κ1) is 11.2. The number of piperazine rings is 1. The van der Waals surface area contributed by atoms with E-state index in [1.807, 2.05) is 24.3 Å². The molecule has 0 bridgehead atoms. The SMILES string of the molecule is Cc1ccc(-c2nnc(N3CCNCC3)o2)cc1. The van der Waals surface area contributed by atoms with E-state index in [1.54, 1.807) is 0 Å². The zero-order valence-corrected chi connectivity index (χ0v) is 10.4. The van der Waals surface area contributed by atoms with Crippen LogP contribution in [-0.2, 0) is 0 Å². The summed E-state index contributed by atoms with van der Waals surface area (Å²) >= 11 is 0. The largest absolute Gasteiger partial charge is 0.403 e. The Morgan fingerprint density at radius 1 is 1.11 bits per heavy atom. The second kappa shape index (κ2) is 4.78. The monoisotopic (exact) mass is 244 g/mol. The molecule has 2 heterocycles. The summed E-state index contributed by atoms with van der Waals surface area (Å²) < 4.78 is 5.72. The van der Waals surface area contributed by atoms with Gasteiger partial charge in [-0.25, -0.2) is 0 Å². The molecule has 0 radical (unpaired) electrons. The quantitative estimate of drug-likeness (QED) is 0.866. The zero-order chi connectivity index (χ0) is 12.4. The van der Waals surface area contributed by atoms with Crippen LogP contribution in [0.15, 0.2) is 28.7 Å². The van der Waals surface area contributed by atoms with Crippen LogP contribution in [0.5, 0.6) is 0 Å². The van der Waals surface area contributed by atoms with Gasteiger partial charge in [-0.3, -0.25) is 0 Å². The van der Waals surface area contributed by atoms with Crippen molar-refractivity contribution in [2.24, 2.45) is 0 Å². The van der Waals surface area contributed by atoms with Gasteiger partial charge in [0, 0.05) is 31.7 Å². The molecule has 1 fully saturated rings. The maximum Gasteiger partial charge on any atom is 0.318 e. The minimum Gasteiger partial charge on any atom is -0.403 e. The number of aryl methyl sites for hydroxylation is 1. The molecule has 0 unspecified atom stereocenters. The van der Waals surface area contributed by atoms with Crippen molar-refractivity contribution in [1.82, 2.24) is 15.5 Å². The molecule has 5 nitrogen and oxygen atoms in total. The highest BCUT2D eigenvalue weighted by Crippen LogP contribution is 2.22. The van der Waals surface area contributed by atoms with Crippen LogP contribution in [-0.4, -0.2) is 36.4 Å². The maximum absolute atomic E-state index is 5.72. The minimum atomic E-state index is 0.587. The fourth-order valence-corrected chi connectivity index (χ4v) is 2.01. The Morgan fingerprint density at radius 2 is 1.83 bits per heavy atom. The van der Waals surface area contributed by atoms with E-state index in [9.17, 15) is 0 Å². The van der Waals surface area contributed by atoms with E-state index in [-0.39, 0.29) is 0 Å². The van der Waals surface area contributed by atoms with Gasteiger partial charge in [0.15, 0.2) is 0 Å². The lowest BCUT2D eigenvalue weighted by Gasteiger charge is -2.24. The molecular formula is C13H16N4O.